The standard InChI is InChI=1S/C24H34N2O3/c1-4-5-6-8-19-15-20-9-7-12-25-23(20)22(16-19)29-21-10-13-26(14-11-21)24(27)28-17-18(2)3/h7,9,12,15-16,18,21H,4-6,8,10-11,13-14,17H2,1-3H3. The first-order valence-corrected chi connectivity index (χ1v) is 11.0. The van der Waals surface area contributed by atoms with Gasteiger partial charge in [0, 0.05) is 37.5 Å². The number of carbonyl (C=O) groups excluding carboxylic acids is 1. The summed E-state index contributed by atoms with van der Waals surface area (Å²) in [5.74, 6) is 1.22. The third-order valence-electron chi connectivity index (χ3n) is 5.33. The first-order chi connectivity index (χ1) is 14.1. The third kappa shape index (κ3) is 6.09. The smallest absolute Gasteiger partial charge is 0.409 e. The minimum atomic E-state index is -0.206. The van der Waals surface area contributed by atoms with Gasteiger partial charge in [0.15, 0.2) is 0 Å². The summed E-state index contributed by atoms with van der Waals surface area (Å²) in [6, 6.07) is 8.47. The Morgan fingerprint density at radius 3 is 2.76 bits per heavy atom. The van der Waals surface area contributed by atoms with Crippen LogP contribution in [0.2, 0.25) is 0 Å². The number of amides is 1. The zero-order valence-electron chi connectivity index (χ0n) is 18.0. The fraction of sp³-hybridized carbons (Fsp3) is 0.583. The number of nitrogens with zero attached hydrogens (tertiary/aromatic N) is 2. The molecule has 0 atom stereocenters. The lowest BCUT2D eigenvalue weighted by molar-refractivity contribution is 0.0622. The predicted octanol–water partition coefficient (Wildman–Crippen LogP) is 5.60. The third-order valence-corrected chi connectivity index (χ3v) is 5.33. The molecule has 1 aromatic carbocycles. The van der Waals surface area contributed by atoms with E-state index in [0.29, 0.717) is 25.6 Å². The molecule has 1 aliphatic heterocycles. The summed E-state index contributed by atoms with van der Waals surface area (Å²) in [7, 11) is 0. The quantitative estimate of drug-likeness (QED) is 0.543. The molecule has 0 bridgehead atoms. The van der Waals surface area contributed by atoms with E-state index in [9.17, 15) is 4.79 Å². The minimum absolute atomic E-state index is 0.0975. The summed E-state index contributed by atoms with van der Waals surface area (Å²) in [5, 5.41) is 1.13. The molecule has 0 spiro atoms. The number of fused-ring (bicyclic) bond motifs is 1. The van der Waals surface area contributed by atoms with Crippen molar-refractivity contribution < 1.29 is 14.3 Å². The highest BCUT2D eigenvalue weighted by Crippen LogP contribution is 2.29. The van der Waals surface area contributed by atoms with Gasteiger partial charge in [0.1, 0.15) is 17.4 Å². The van der Waals surface area contributed by atoms with Crippen molar-refractivity contribution in [2.75, 3.05) is 19.7 Å². The lowest BCUT2D eigenvalue weighted by atomic mass is 10.0. The Hall–Kier alpha value is -2.30. The normalized spacial score (nSPS) is 15.1. The Morgan fingerprint density at radius 1 is 1.24 bits per heavy atom. The van der Waals surface area contributed by atoms with Crippen LogP contribution in [0.5, 0.6) is 5.75 Å². The molecule has 5 nitrogen and oxygen atoms in total. The maximum absolute atomic E-state index is 12.2. The van der Waals surface area contributed by atoms with Crippen molar-refractivity contribution >= 4 is 17.0 Å². The fourth-order valence-corrected chi connectivity index (χ4v) is 3.70. The first-order valence-electron chi connectivity index (χ1n) is 11.0. The summed E-state index contributed by atoms with van der Waals surface area (Å²) in [5.41, 5.74) is 2.23. The molecular formula is C24H34N2O3. The second-order valence-corrected chi connectivity index (χ2v) is 8.40. The molecule has 2 aromatic rings. The number of carbonyl (C=O) groups is 1. The monoisotopic (exact) mass is 398 g/mol. The number of pyridine rings is 1. The number of hydrogen-bond donors (Lipinski definition) is 0. The second kappa shape index (κ2) is 10.5. The van der Waals surface area contributed by atoms with Gasteiger partial charge in [-0.15, -0.1) is 0 Å². The van der Waals surface area contributed by atoms with Crippen LogP contribution in [0.3, 0.4) is 0 Å². The van der Waals surface area contributed by atoms with Crippen molar-refractivity contribution in [1.29, 1.82) is 0 Å². The van der Waals surface area contributed by atoms with Crippen molar-refractivity contribution in [3.8, 4) is 5.75 Å². The van der Waals surface area contributed by atoms with E-state index >= 15 is 0 Å². The number of benzene rings is 1. The lowest BCUT2D eigenvalue weighted by Gasteiger charge is -2.32. The molecule has 0 aliphatic carbocycles. The molecule has 0 unspecified atom stereocenters. The highest BCUT2D eigenvalue weighted by Gasteiger charge is 2.25. The van der Waals surface area contributed by atoms with E-state index in [1.165, 1.54) is 24.8 Å². The number of hydrogen-bond acceptors (Lipinski definition) is 4. The van der Waals surface area contributed by atoms with Crippen LogP contribution in [0.15, 0.2) is 30.5 Å². The molecule has 1 saturated heterocycles. The van der Waals surface area contributed by atoms with Gasteiger partial charge in [-0.2, -0.15) is 0 Å². The van der Waals surface area contributed by atoms with Crippen molar-refractivity contribution in [2.24, 2.45) is 5.92 Å². The van der Waals surface area contributed by atoms with Gasteiger partial charge in [-0.25, -0.2) is 4.79 Å². The number of ether oxygens (including phenoxy) is 2. The summed E-state index contributed by atoms with van der Waals surface area (Å²) in [6.07, 6.45) is 8.05. The van der Waals surface area contributed by atoms with E-state index in [-0.39, 0.29) is 12.2 Å². The van der Waals surface area contributed by atoms with E-state index in [4.69, 9.17) is 9.47 Å². The van der Waals surface area contributed by atoms with Gasteiger partial charge in [0.05, 0.1) is 6.61 Å². The minimum Gasteiger partial charge on any atom is -0.488 e. The molecule has 0 saturated carbocycles. The molecule has 1 aliphatic rings. The van der Waals surface area contributed by atoms with Gasteiger partial charge in [0.25, 0.3) is 0 Å². The predicted molar refractivity (Wildman–Crippen MR) is 116 cm³/mol. The van der Waals surface area contributed by atoms with Gasteiger partial charge < -0.3 is 14.4 Å². The Morgan fingerprint density at radius 2 is 2.03 bits per heavy atom. The largest absolute Gasteiger partial charge is 0.488 e. The van der Waals surface area contributed by atoms with Crippen LogP contribution in [0, 0.1) is 5.92 Å². The van der Waals surface area contributed by atoms with Crippen LogP contribution in [-0.2, 0) is 11.2 Å². The lowest BCUT2D eigenvalue weighted by Crippen LogP contribution is -2.42. The first kappa shape index (κ1) is 21.4. The highest BCUT2D eigenvalue weighted by atomic mass is 16.6. The van der Waals surface area contributed by atoms with Crippen LogP contribution in [0.4, 0.5) is 4.79 Å². The van der Waals surface area contributed by atoms with Gasteiger partial charge in [0.2, 0.25) is 0 Å². The molecule has 1 fully saturated rings. The van der Waals surface area contributed by atoms with E-state index in [2.05, 4.69) is 30.1 Å². The zero-order valence-corrected chi connectivity index (χ0v) is 18.0. The Bertz CT molecular complexity index is 798. The number of aryl methyl sites for hydroxylation is 1. The molecule has 2 heterocycles. The van der Waals surface area contributed by atoms with Crippen LogP contribution in [0.1, 0.15) is 58.4 Å². The number of piperidine rings is 1. The Kier molecular flexibility index (Phi) is 7.73. The van der Waals surface area contributed by atoms with Crippen molar-refractivity contribution in [1.82, 2.24) is 9.88 Å². The molecule has 1 aromatic heterocycles. The van der Waals surface area contributed by atoms with Crippen LogP contribution >= 0.6 is 0 Å². The second-order valence-electron chi connectivity index (χ2n) is 8.40. The van der Waals surface area contributed by atoms with Crippen LogP contribution in [0.25, 0.3) is 10.9 Å². The molecule has 158 valence electrons. The number of likely N-dealkylation sites (tertiary alicyclic amines) is 1. The van der Waals surface area contributed by atoms with Crippen molar-refractivity contribution in [3.63, 3.8) is 0 Å². The average Bonchev–Trinajstić information content (AvgIpc) is 2.73. The summed E-state index contributed by atoms with van der Waals surface area (Å²) in [6.45, 7) is 8.12. The van der Waals surface area contributed by atoms with E-state index < -0.39 is 0 Å². The maximum atomic E-state index is 12.2. The average molecular weight is 399 g/mol. The highest BCUT2D eigenvalue weighted by molar-refractivity contribution is 5.85. The zero-order chi connectivity index (χ0) is 20.6. The maximum Gasteiger partial charge on any atom is 0.409 e. The molecule has 3 rings (SSSR count). The molecule has 5 heteroatoms. The summed E-state index contributed by atoms with van der Waals surface area (Å²) in [4.78, 5) is 18.5. The van der Waals surface area contributed by atoms with E-state index in [1.807, 2.05) is 26.1 Å². The van der Waals surface area contributed by atoms with Gasteiger partial charge in [-0.05, 0) is 42.5 Å². The number of rotatable bonds is 8. The molecule has 0 radical (unpaired) electrons. The number of aromatic nitrogens is 1. The Labute approximate surface area is 174 Å². The van der Waals surface area contributed by atoms with Gasteiger partial charge >= 0.3 is 6.09 Å². The number of unbranched alkanes of at least 4 members (excludes halogenated alkanes) is 2. The van der Waals surface area contributed by atoms with E-state index in [0.717, 1.165) is 35.9 Å². The van der Waals surface area contributed by atoms with E-state index in [1.54, 1.807) is 4.90 Å². The van der Waals surface area contributed by atoms with Gasteiger partial charge in [-0.1, -0.05) is 39.7 Å². The fourth-order valence-electron chi connectivity index (χ4n) is 3.70. The van der Waals surface area contributed by atoms with Crippen molar-refractivity contribution in [3.05, 3.63) is 36.0 Å². The SMILES string of the molecule is CCCCCc1cc(OC2CCN(C(=O)OCC(C)C)CC2)c2ncccc2c1. The van der Waals surface area contributed by atoms with Crippen molar-refractivity contribution in [2.45, 2.75) is 65.4 Å². The molecule has 1 amide bonds. The molecule has 0 N–H and O–H groups in total. The molecule has 29 heavy (non-hydrogen) atoms. The van der Waals surface area contributed by atoms with Crippen LogP contribution in [-0.4, -0.2) is 41.8 Å². The summed E-state index contributed by atoms with van der Waals surface area (Å²) < 4.78 is 11.8. The topological polar surface area (TPSA) is 51.7 Å². The van der Waals surface area contributed by atoms with Gasteiger partial charge in [-0.3, -0.25) is 4.98 Å². The Balaban J connectivity index is 1.63. The molecular weight excluding hydrogens is 364 g/mol. The van der Waals surface area contributed by atoms with Crippen LogP contribution < -0.4 is 4.74 Å². The summed E-state index contributed by atoms with van der Waals surface area (Å²) >= 11 is 0.